The lowest BCUT2D eigenvalue weighted by atomic mass is 10.3. The van der Waals surface area contributed by atoms with Gasteiger partial charge in [0.05, 0.1) is 24.3 Å². The maximum Gasteiger partial charge on any atom is 0.234 e. The maximum atomic E-state index is 12.3. The van der Waals surface area contributed by atoms with Gasteiger partial charge in [-0.1, -0.05) is 11.8 Å². The summed E-state index contributed by atoms with van der Waals surface area (Å²) in [6.07, 6.45) is 4.84. The molecule has 9 heteroatoms. The fourth-order valence-corrected chi connectivity index (χ4v) is 3.53. The molecule has 0 aliphatic carbocycles. The zero-order valence-corrected chi connectivity index (χ0v) is 17.0. The summed E-state index contributed by atoms with van der Waals surface area (Å²) < 4.78 is 12.9. The highest BCUT2D eigenvalue weighted by Crippen LogP contribution is 2.29. The van der Waals surface area contributed by atoms with Gasteiger partial charge in [-0.05, 0) is 55.5 Å². The molecule has 0 unspecified atom stereocenters. The van der Waals surface area contributed by atoms with Crippen LogP contribution in [0.25, 0.3) is 17.3 Å². The van der Waals surface area contributed by atoms with Crippen molar-refractivity contribution in [2.45, 2.75) is 12.1 Å². The lowest BCUT2D eigenvalue weighted by Gasteiger charge is -2.10. The van der Waals surface area contributed by atoms with E-state index in [1.807, 2.05) is 41.8 Å². The molecule has 0 saturated heterocycles. The zero-order valence-electron chi connectivity index (χ0n) is 16.2. The molecule has 0 atom stereocenters. The first kappa shape index (κ1) is 19.7. The molecule has 0 radical (unpaired) electrons. The van der Waals surface area contributed by atoms with Crippen molar-refractivity contribution < 1.29 is 13.9 Å². The van der Waals surface area contributed by atoms with Crippen LogP contribution in [-0.2, 0) is 4.79 Å². The quantitative estimate of drug-likeness (QED) is 0.429. The van der Waals surface area contributed by atoms with Gasteiger partial charge in [0, 0.05) is 18.1 Å². The van der Waals surface area contributed by atoms with E-state index < -0.39 is 0 Å². The summed E-state index contributed by atoms with van der Waals surface area (Å²) in [6.45, 7) is 2.53. The Bertz CT molecular complexity index is 1100. The molecule has 0 aliphatic heterocycles. The molecule has 4 aromatic rings. The third kappa shape index (κ3) is 4.52. The number of ether oxygens (including phenoxy) is 1. The molecule has 3 aromatic heterocycles. The van der Waals surface area contributed by atoms with Gasteiger partial charge in [0.2, 0.25) is 11.7 Å². The van der Waals surface area contributed by atoms with Gasteiger partial charge in [0.15, 0.2) is 10.9 Å². The van der Waals surface area contributed by atoms with Crippen LogP contribution in [-0.4, -0.2) is 38.0 Å². The molecule has 1 amide bonds. The van der Waals surface area contributed by atoms with Crippen molar-refractivity contribution in [3.8, 4) is 23.0 Å². The number of anilines is 1. The van der Waals surface area contributed by atoms with E-state index in [2.05, 4.69) is 20.5 Å². The highest BCUT2D eigenvalue weighted by molar-refractivity contribution is 7.99. The van der Waals surface area contributed by atoms with E-state index in [-0.39, 0.29) is 11.7 Å². The lowest BCUT2D eigenvalue weighted by molar-refractivity contribution is -0.113. The van der Waals surface area contributed by atoms with Crippen LogP contribution < -0.4 is 10.1 Å². The normalized spacial score (nSPS) is 10.7. The van der Waals surface area contributed by atoms with Gasteiger partial charge >= 0.3 is 0 Å². The van der Waals surface area contributed by atoms with Crippen LogP contribution in [0.4, 0.5) is 5.69 Å². The second-order valence-corrected chi connectivity index (χ2v) is 7.06. The second kappa shape index (κ2) is 9.27. The first-order chi connectivity index (χ1) is 14.7. The molecule has 152 valence electrons. The third-order valence-electron chi connectivity index (χ3n) is 4.08. The van der Waals surface area contributed by atoms with Gasteiger partial charge in [0.1, 0.15) is 5.75 Å². The van der Waals surface area contributed by atoms with E-state index in [9.17, 15) is 4.79 Å². The Balaban J connectivity index is 1.57. The van der Waals surface area contributed by atoms with Crippen LogP contribution in [0.2, 0.25) is 0 Å². The van der Waals surface area contributed by atoms with E-state index in [0.29, 0.717) is 29.0 Å². The number of nitrogens with zero attached hydrogens (tertiary/aromatic N) is 4. The fourth-order valence-electron chi connectivity index (χ4n) is 2.78. The maximum absolute atomic E-state index is 12.3. The molecule has 1 N–H and O–H groups in total. The van der Waals surface area contributed by atoms with E-state index >= 15 is 0 Å². The highest BCUT2D eigenvalue weighted by Gasteiger charge is 2.19. The number of carbonyl (C=O) groups is 1. The second-order valence-electron chi connectivity index (χ2n) is 6.12. The molecule has 3 heterocycles. The molecule has 0 spiro atoms. The van der Waals surface area contributed by atoms with Crippen LogP contribution >= 0.6 is 11.8 Å². The number of furan rings is 1. The molecule has 0 saturated carbocycles. The molecule has 1 aromatic carbocycles. The van der Waals surface area contributed by atoms with E-state index in [1.165, 1.54) is 11.8 Å². The SMILES string of the molecule is CCOc1ccc(-n2c(SCC(=O)Nc3ccncc3)nnc2-c2ccco2)cc1. The van der Waals surface area contributed by atoms with Crippen LogP contribution in [0.15, 0.2) is 76.8 Å². The molecule has 0 aliphatic rings. The minimum Gasteiger partial charge on any atom is -0.494 e. The Labute approximate surface area is 177 Å². The number of carbonyl (C=O) groups excluding carboxylic acids is 1. The number of benzene rings is 1. The number of pyridine rings is 1. The third-order valence-corrected chi connectivity index (χ3v) is 5.01. The number of thioether (sulfide) groups is 1. The monoisotopic (exact) mass is 421 g/mol. The Morgan fingerprint density at radius 1 is 1.13 bits per heavy atom. The molecule has 30 heavy (non-hydrogen) atoms. The number of aromatic nitrogens is 4. The summed E-state index contributed by atoms with van der Waals surface area (Å²) in [4.78, 5) is 16.3. The fraction of sp³-hybridized carbons (Fsp3) is 0.143. The molecule has 0 bridgehead atoms. The Hall–Kier alpha value is -3.59. The van der Waals surface area contributed by atoms with Crippen molar-refractivity contribution in [1.82, 2.24) is 19.7 Å². The summed E-state index contributed by atoms with van der Waals surface area (Å²) >= 11 is 1.29. The van der Waals surface area contributed by atoms with Gasteiger partial charge in [-0.15, -0.1) is 10.2 Å². The summed E-state index contributed by atoms with van der Waals surface area (Å²) in [6, 6.07) is 14.7. The molecule has 4 rings (SSSR count). The molecular formula is C21H19N5O3S. The van der Waals surface area contributed by atoms with Crippen molar-refractivity contribution in [3.63, 3.8) is 0 Å². The highest BCUT2D eigenvalue weighted by atomic mass is 32.2. The standard InChI is InChI=1S/C21H19N5O3S/c1-2-28-17-7-5-16(6-8-17)26-20(18-4-3-13-29-18)24-25-21(26)30-14-19(27)23-15-9-11-22-12-10-15/h3-13H,2,14H2,1H3,(H,22,23,27). The van der Waals surface area contributed by atoms with Crippen molar-refractivity contribution in [1.29, 1.82) is 0 Å². The number of nitrogens with one attached hydrogen (secondary N) is 1. The number of amides is 1. The summed E-state index contributed by atoms with van der Waals surface area (Å²) in [7, 11) is 0. The summed E-state index contributed by atoms with van der Waals surface area (Å²) in [5.74, 6) is 1.95. The van der Waals surface area contributed by atoms with Gasteiger partial charge in [0.25, 0.3) is 0 Å². The average molecular weight is 421 g/mol. The van der Waals surface area contributed by atoms with Crippen LogP contribution in [0.5, 0.6) is 5.75 Å². The predicted octanol–water partition coefficient (Wildman–Crippen LogP) is 4.05. The molecule has 8 nitrogen and oxygen atoms in total. The topological polar surface area (TPSA) is 95.1 Å². The van der Waals surface area contributed by atoms with Gasteiger partial charge in [-0.3, -0.25) is 14.3 Å². The van der Waals surface area contributed by atoms with E-state index in [4.69, 9.17) is 9.15 Å². The number of hydrogen-bond donors (Lipinski definition) is 1. The van der Waals surface area contributed by atoms with Crippen molar-refractivity contribution in [2.75, 3.05) is 17.7 Å². The minimum atomic E-state index is -0.146. The van der Waals surface area contributed by atoms with Gasteiger partial charge < -0.3 is 14.5 Å². The van der Waals surface area contributed by atoms with Crippen LogP contribution in [0, 0.1) is 0 Å². The Kier molecular flexibility index (Phi) is 6.09. The number of hydrogen-bond acceptors (Lipinski definition) is 7. The average Bonchev–Trinajstić information content (AvgIpc) is 3.44. The first-order valence-corrected chi connectivity index (χ1v) is 10.3. The first-order valence-electron chi connectivity index (χ1n) is 9.30. The smallest absolute Gasteiger partial charge is 0.234 e. The largest absolute Gasteiger partial charge is 0.494 e. The molecule has 0 fully saturated rings. The predicted molar refractivity (Wildman–Crippen MR) is 114 cm³/mol. The van der Waals surface area contributed by atoms with E-state index in [1.54, 1.807) is 36.9 Å². The Morgan fingerprint density at radius 3 is 2.63 bits per heavy atom. The van der Waals surface area contributed by atoms with Crippen molar-refractivity contribution >= 4 is 23.4 Å². The summed E-state index contributed by atoms with van der Waals surface area (Å²) in [5.41, 5.74) is 1.53. The van der Waals surface area contributed by atoms with Crippen molar-refractivity contribution in [2.24, 2.45) is 0 Å². The van der Waals surface area contributed by atoms with Gasteiger partial charge in [-0.25, -0.2) is 0 Å². The minimum absolute atomic E-state index is 0.146. The number of rotatable bonds is 8. The van der Waals surface area contributed by atoms with Gasteiger partial charge in [-0.2, -0.15) is 0 Å². The van der Waals surface area contributed by atoms with E-state index in [0.717, 1.165) is 11.4 Å². The van der Waals surface area contributed by atoms with Crippen molar-refractivity contribution in [3.05, 3.63) is 67.2 Å². The Morgan fingerprint density at radius 2 is 1.93 bits per heavy atom. The zero-order chi connectivity index (χ0) is 20.8. The van der Waals surface area contributed by atoms with Crippen LogP contribution in [0.1, 0.15) is 6.92 Å². The lowest BCUT2D eigenvalue weighted by Crippen LogP contribution is -2.14. The van der Waals surface area contributed by atoms with Crippen LogP contribution in [0.3, 0.4) is 0 Å². The summed E-state index contributed by atoms with van der Waals surface area (Å²) in [5, 5.41) is 12.0. The molecular weight excluding hydrogens is 402 g/mol.